The SMILES string of the molecule is CCCCCCOc1ccc(OS(=O)(=O)c2ccc3c4c(cccc24)CC3)cc1. The van der Waals surface area contributed by atoms with Gasteiger partial charge in [0.25, 0.3) is 0 Å². The highest BCUT2D eigenvalue weighted by molar-refractivity contribution is 7.87. The smallest absolute Gasteiger partial charge is 0.339 e. The molecule has 4 rings (SSSR count). The normalized spacial score (nSPS) is 13.0. The fourth-order valence-electron chi connectivity index (χ4n) is 3.92. The molecule has 0 fully saturated rings. The van der Waals surface area contributed by atoms with Crippen molar-refractivity contribution in [3.63, 3.8) is 0 Å². The summed E-state index contributed by atoms with van der Waals surface area (Å²) in [5.74, 6) is 1.00. The number of rotatable bonds is 9. The highest BCUT2D eigenvalue weighted by Crippen LogP contribution is 2.35. The minimum atomic E-state index is -3.93. The first-order valence-electron chi connectivity index (χ1n) is 10.3. The molecule has 0 atom stereocenters. The zero-order valence-corrected chi connectivity index (χ0v) is 17.5. The van der Waals surface area contributed by atoms with Crippen LogP contribution in [0.1, 0.15) is 43.7 Å². The molecule has 1 aliphatic carbocycles. The van der Waals surface area contributed by atoms with Crippen LogP contribution < -0.4 is 8.92 Å². The summed E-state index contributed by atoms with van der Waals surface area (Å²) in [6, 6.07) is 16.2. The van der Waals surface area contributed by atoms with Gasteiger partial charge in [-0.2, -0.15) is 8.42 Å². The molecule has 0 unspecified atom stereocenters. The maximum Gasteiger partial charge on any atom is 0.339 e. The summed E-state index contributed by atoms with van der Waals surface area (Å²) in [6.45, 7) is 2.84. The van der Waals surface area contributed by atoms with E-state index in [1.807, 2.05) is 18.2 Å². The second-order valence-corrected chi connectivity index (χ2v) is 9.00. The van der Waals surface area contributed by atoms with Crippen LogP contribution in [0.15, 0.2) is 59.5 Å². The lowest BCUT2D eigenvalue weighted by molar-refractivity contribution is 0.305. The Kier molecular flexibility index (Phi) is 5.76. The van der Waals surface area contributed by atoms with E-state index in [4.69, 9.17) is 8.92 Å². The zero-order chi connectivity index (χ0) is 20.3. The van der Waals surface area contributed by atoms with Crippen molar-refractivity contribution in [3.8, 4) is 11.5 Å². The van der Waals surface area contributed by atoms with E-state index in [2.05, 4.69) is 13.0 Å². The van der Waals surface area contributed by atoms with Crippen LogP contribution in [0.4, 0.5) is 0 Å². The van der Waals surface area contributed by atoms with Gasteiger partial charge in [-0.05, 0) is 66.1 Å². The summed E-state index contributed by atoms with van der Waals surface area (Å²) in [4.78, 5) is 0.219. The van der Waals surface area contributed by atoms with Crippen LogP contribution in [0, 0.1) is 0 Å². The summed E-state index contributed by atoms with van der Waals surface area (Å²) in [5.41, 5.74) is 2.41. The second kappa shape index (κ2) is 8.46. The van der Waals surface area contributed by atoms with Gasteiger partial charge in [-0.3, -0.25) is 0 Å². The van der Waals surface area contributed by atoms with Crippen LogP contribution in [0.3, 0.4) is 0 Å². The van der Waals surface area contributed by atoms with Crippen molar-refractivity contribution < 1.29 is 17.3 Å². The van der Waals surface area contributed by atoms with E-state index in [1.54, 1.807) is 30.3 Å². The van der Waals surface area contributed by atoms with Gasteiger partial charge >= 0.3 is 10.1 Å². The van der Waals surface area contributed by atoms with Gasteiger partial charge in [0.15, 0.2) is 0 Å². The van der Waals surface area contributed by atoms with Gasteiger partial charge in [0.2, 0.25) is 0 Å². The van der Waals surface area contributed by atoms with Crippen molar-refractivity contribution in [2.75, 3.05) is 6.61 Å². The molecule has 5 heteroatoms. The summed E-state index contributed by atoms with van der Waals surface area (Å²) >= 11 is 0. The Hall–Kier alpha value is -2.53. The quantitative estimate of drug-likeness (QED) is 0.337. The van der Waals surface area contributed by atoms with Gasteiger partial charge in [0, 0.05) is 5.39 Å². The van der Waals surface area contributed by atoms with Gasteiger partial charge in [0.05, 0.1) is 6.61 Å². The molecule has 0 saturated carbocycles. The monoisotopic (exact) mass is 410 g/mol. The van der Waals surface area contributed by atoms with Gasteiger partial charge in [-0.1, -0.05) is 50.5 Å². The van der Waals surface area contributed by atoms with Crippen molar-refractivity contribution in [2.45, 2.75) is 50.3 Å². The zero-order valence-electron chi connectivity index (χ0n) is 16.7. The highest BCUT2D eigenvalue weighted by atomic mass is 32.2. The third-order valence-electron chi connectivity index (χ3n) is 5.40. The van der Waals surface area contributed by atoms with Crippen molar-refractivity contribution >= 4 is 20.9 Å². The molecule has 0 heterocycles. The van der Waals surface area contributed by atoms with Crippen LogP contribution in [0.2, 0.25) is 0 Å². The van der Waals surface area contributed by atoms with E-state index >= 15 is 0 Å². The molecule has 0 N–H and O–H groups in total. The number of ether oxygens (including phenoxy) is 1. The summed E-state index contributed by atoms with van der Waals surface area (Å²) < 4.78 is 37.1. The van der Waals surface area contributed by atoms with Crippen molar-refractivity contribution in [2.24, 2.45) is 0 Å². The summed E-state index contributed by atoms with van der Waals surface area (Å²) in [5, 5.41) is 1.80. The third kappa shape index (κ3) is 4.25. The molecule has 0 radical (unpaired) electrons. The number of unbranched alkanes of at least 4 members (excludes halogenated alkanes) is 3. The minimum Gasteiger partial charge on any atom is -0.494 e. The summed E-state index contributed by atoms with van der Waals surface area (Å²) in [6.07, 6.45) is 6.49. The Labute approximate surface area is 172 Å². The highest BCUT2D eigenvalue weighted by Gasteiger charge is 2.24. The molecule has 3 aromatic carbocycles. The first kappa shape index (κ1) is 19.8. The fraction of sp³-hybridized carbons (Fsp3) is 0.333. The number of hydrogen-bond acceptors (Lipinski definition) is 4. The van der Waals surface area contributed by atoms with Gasteiger partial charge < -0.3 is 8.92 Å². The van der Waals surface area contributed by atoms with Gasteiger partial charge in [-0.15, -0.1) is 0 Å². The molecule has 0 aliphatic heterocycles. The Morgan fingerprint density at radius 3 is 2.31 bits per heavy atom. The van der Waals surface area contributed by atoms with Crippen LogP contribution in [-0.4, -0.2) is 15.0 Å². The Morgan fingerprint density at radius 1 is 0.828 bits per heavy atom. The Morgan fingerprint density at radius 2 is 1.55 bits per heavy atom. The van der Waals surface area contributed by atoms with Crippen LogP contribution >= 0.6 is 0 Å². The van der Waals surface area contributed by atoms with Crippen LogP contribution in [0.5, 0.6) is 11.5 Å². The predicted octanol–water partition coefficient (Wildman–Crippen LogP) is 5.67. The standard InChI is InChI=1S/C24H26O4S/c1-2-3-4-5-17-27-20-12-14-21(15-13-20)28-29(25,26)23-16-11-19-10-9-18-7-6-8-22(23)24(18)19/h6-8,11-16H,2-5,9-10,17H2,1H3. The second-order valence-electron chi connectivity index (χ2n) is 7.48. The maximum atomic E-state index is 13.0. The third-order valence-corrected chi connectivity index (χ3v) is 6.71. The van der Waals surface area contributed by atoms with Gasteiger partial charge in [-0.25, -0.2) is 0 Å². The predicted molar refractivity (Wildman–Crippen MR) is 115 cm³/mol. The van der Waals surface area contributed by atoms with E-state index in [-0.39, 0.29) is 10.6 Å². The average Bonchev–Trinajstić information content (AvgIpc) is 3.14. The molecule has 152 valence electrons. The fourth-order valence-corrected chi connectivity index (χ4v) is 5.05. The molecule has 1 aliphatic rings. The van der Waals surface area contributed by atoms with E-state index in [1.165, 1.54) is 24.0 Å². The van der Waals surface area contributed by atoms with Gasteiger partial charge in [0.1, 0.15) is 16.4 Å². The molecule has 0 amide bonds. The topological polar surface area (TPSA) is 52.6 Å². The lowest BCUT2D eigenvalue weighted by atomic mass is 10.1. The molecular weight excluding hydrogens is 384 g/mol. The molecule has 4 nitrogen and oxygen atoms in total. The molecule has 0 saturated heterocycles. The van der Waals surface area contributed by atoms with E-state index < -0.39 is 10.1 Å². The largest absolute Gasteiger partial charge is 0.494 e. The maximum absolute atomic E-state index is 13.0. The van der Waals surface area contributed by atoms with Crippen molar-refractivity contribution in [1.29, 1.82) is 0 Å². The average molecular weight is 411 g/mol. The van der Waals surface area contributed by atoms with E-state index in [9.17, 15) is 8.42 Å². The van der Waals surface area contributed by atoms with Crippen LogP contribution in [-0.2, 0) is 23.0 Å². The lowest BCUT2D eigenvalue weighted by Crippen LogP contribution is -2.10. The summed E-state index contributed by atoms with van der Waals surface area (Å²) in [7, 11) is -3.93. The van der Waals surface area contributed by atoms with E-state index in [0.29, 0.717) is 6.61 Å². The molecule has 3 aromatic rings. The first-order chi connectivity index (χ1) is 14.1. The molecule has 29 heavy (non-hydrogen) atoms. The van der Waals surface area contributed by atoms with Crippen molar-refractivity contribution in [1.82, 2.24) is 0 Å². The van der Waals surface area contributed by atoms with Crippen LogP contribution in [0.25, 0.3) is 10.8 Å². The molecule has 0 spiro atoms. The first-order valence-corrected chi connectivity index (χ1v) is 11.7. The minimum absolute atomic E-state index is 0.219. The van der Waals surface area contributed by atoms with E-state index in [0.717, 1.165) is 42.2 Å². The molecular formula is C24H26O4S. The number of hydrogen-bond donors (Lipinski definition) is 0. The molecule has 0 bridgehead atoms. The number of aryl methyl sites for hydroxylation is 2. The van der Waals surface area contributed by atoms with Crippen molar-refractivity contribution in [3.05, 3.63) is 65.7 Å². The molecule has 0 aromatic heterocycles. The lowest BCUT2D eigenvalue weighted by Gasteiger charge is -2.12. The Balaban J connectivity index is 1.49. The number of benzene rings is 3. The Bertz CT molecular complexity index is 1090.